The van der Waals surface area contributed by atoms with E-state index in [0.29, 0.717) is 54.3 Å². The molecule has 2 aromatic heterocycles. The van der Waals surface area contributed by atoms with Gasteiger partial charge in [-0.2, -0.15) is 5.10 Å². The van der Waals surface area contributed by atoms with Crippen molar-refractivity contribution in [3.8, 4) is 5.75 Å². The number of nitrogens with one attached hydrogen (secondary N) is 5. The van der Waals surface area contributed by atoms with Crippen LogP contribution in [0.5, 0.6) is 5.75 Å². The van der Waals surface area contributed by atoms with Gasteiger partial charge in [0.25, 0.3) is 5.91 Å². The predicted octanol–water partition coefficient (Wildman–Crippen LogP) is 4.11. The topological polar surface area (TPSA) is 213 Å². The Morgan fingerprint density at radius 3 is 2.44 bits per heavy atom. The zero-order valence-electron chi connectivity index (χ0n) is 43.2. The van der Waals surface area contributed by atoms with E-state index in [0.717, 1.165) is 5.56 Å². The summed E-state index contributed by atoms with van der Waals surface area (Å²) in [7, 11) is 3.36. The third-order valence-corrected chi connectivity index (χ3v) is 13.2. The number of amides is 5. The van der Waals surface area contributed by atoms with E-state index in [1.807, 2.05) is 71.9 Å². The molecule has 6 rings (SSSR count). The van der Waals surface area contributed by atoms with E-state index in [1.54, 1.807) is 54.0 Å². The third kappa shape index (κ3) is 14.5. The standard InChI is InChI=1S/C52H74FN11O8/c1-10-41(36-14-12-11-13-15-36)58-49(67)42-29-38(32-63(42)51(69)46(52(5,6)7)60-48(66)35(4)54-8)55-20-25-71-27-26-70-24-19-45(65)61(9)22-23-62-31-33(2)72-43-17-16-37(53)28-39(43)34(3)57-44-18-21-64-47(59-44)40(30-56-64)50(62)68/h11-18,21,28,30,33-35,38,41-42,46,54-55H,10,19-20,22-27,29,31-32H2,1-9H3,(H,57,59)(H,58,67)(H,60,66)/t33-,34?,35-,38-,41+,42-,46?/m0/s1. The number of benzene rings is 2. The number of hydrogen-bond donors (Lipinski definition) is 5. The maximum Gasteiger partial charge on any atom is 0.259 e. The van der Waals surface area contributed by atoms with Gasteiger partial charge in [-0.15, -0.1) is 0 Å². The molecule has 5 N–H and O–H groups in total. The van der Waals surface area contributed by atoms with Crippen molar-refractivity contribution >= 4 is 41.0 Å². The van der Waals surface area contributed by atoms with Crippen LogP contribution in [-0.2, 0) is 28.7 Å². The van der Waals surface area contributed by atoms with Gasteiger partial charge in [0.15, 0.2) is 5.65 Å². The number of hydrogen-bond acceptors (Lipinski definition) is 13. The van der Waals surface area contributed by atoms with Crippen LogP contribution in [0.25, 0.3) is 5.65 Å². The Bertz CT molecular complexity index is 2470. The molecule has 1 saturated heterocycles. The van der Waals surface area contributed by atoms with E-state index in [-0.39, 0.29) is 100 Å². The number of nitrogens with zero attached hydrogens (tertiary/aromatic N) is 6. The molecule has 2 unspecified atom stereocenters. The van der Waals surface area contributed by atoms with Crippen molar-refractivity contribution in [3.05, 3.63) is 89.5 Å². The number of halogens is 1. The molecule has 2 aliphatic heterocycles. The Balaban J connectivity index is 0.962. The van der Waals surface area contributed by atoms with E-state index in [4.69, 9.17) is 14.2 Å². The first-order chi connectivity index (χ1) is 34.4. The number of likely N-dealkylation sites (N-methyl/N-ethyl adjacent to an activating group) is 2. The fourth-order valence-electron chi connectivity index (χ4n) is 8.84. The van der Waals surface area contributed by atoms with Crippen LogP contribution in [0.2, 0.25) is 0 Å². The normalized spacial score (nSPS) is 19.5. The molecule has 0 spiro atoms. The second kappa shape index (κ2) is 25.4. The number of carbonyl (C=O) groups excluding carboxylic acids is 5. The van der Waals surface area contributed by atoms with Crippen LogP contribution in [0.1, 0.15) is 101 Å². The maximum absolute atomic E-state index is 14.4. The minimum atomic E-state index is -0.868. The van der Waals surface area contributed by atoms with Crippen molar-refractivity contribution in [2.24, 2.45) is 5.41 Å². The van der Waals surface area contributed by atoms with Gasteiger partial charge in [-0.25, -0.2) is 13.9 Å². The molecule has 20 heteroatoms. The first kappa shape index (κ1) is 55.1. The molecular formula is C52H74FN11O8. The van der Waals surface area contributed by atoms with Crippen LogP contribution in [0.15, 0.2) is 67.0 Å². The number of likely N-dealkylation sites (tertiary alicyclic amines) is 1. The molecule has 0 aliphatic carbocycles. The Morgan fingerprint density at radius 2 is 1.74 bits per heavy atom. The van der Waals surface area contributed by atoms with Crippen molar-refractivity contribution in [2.75, 3.05) is 78.6 Å². The molecule has 0 radical (unpaired) electrons. The first-order valence-corrected chi connectivity index (χ1v) is 25.0. The van der Waals surface area contributed by atoms with E-state index in [2.05, 4.69) is 36.7 Å². The molecule has 72 heavy (non-hydrogen) atoms. The minimum Gasteiger partial charge on any atom is -0.489 e. The lowest BCUT2D eigenvalue weighted by atomic mass is 9.85. The Kier molecular flexibility index (Phi) is 19.5. The average Bonchev–Trinajstić information content (AvgIpc) is 3.99. The van der Waals surface area contributed by atoms with E-state index in [1.165, 1.54) is 22.8 Å². The number of carbonyl (C=O) groups is 5. The summed E-state index contributed by atoms with van der Waals surface area (Å²) >= 11 is 0. The smallest absolute Gasteiger partial charge is 0.259 e. The van der Waals surface area contributed by atoms with E-state index < -0.39 is 35.5 Å². The highest BCUT2D eigenvalue weighted by atomic mass is 19.1. The quantitative estimate of drug-likeness (QED) is 0.0745. The van der Waals surface area contributed by atoms with Gasteiger partial charge in [0.1, 0.15) is 41.1 Å². The summed E-state index contributed by atoms with van der Waals surface area (Å²) in [6, 6.07) is 12.9. The molecule has 19 nitrogen and oxygen atoms in total. The van der Waals surface area contributed by atoms with Gasteiger partial charge in [-0.05, 0) is 75.9 Å². The summed E-state index contributed by atoms with van der Waals surface area (Å²) < 4.78 is 33.9. The summed E-state index contributed by atoms with van der Waals surface area (Å²) in [6.07, 6.45) is 3.85. The molecule has 1 fully saturated rings. The Hall–Kier alpha value is -6.22. The van der Waals surface area contributed by atoms with Gasteiger partial charge >= 0.3 is 0 Å². The number of fused-ring (bicyclic) bond motifs is 2. The van der Waals surface area contributed by atoms with Crippen LogP contribution >= 0.6 is 0 Å². The fourth-order valence-corrected chi connectivity index (χ4v) is 8.84. The lowest BCUT2D eigenvalue weighted by Crippen LogP contribution is -2.59. The maximum atomic E-state index is 14.4. The first-order valence-electron chi connectivity index (χ1n) is 25.0. The van der Waals surface area contributed by atoms with Crippen molar-refractivity contribution in [1.82, 2.24) is 50.6 Å². The monoisotopic (exact) mass is 1000 g/mol. The van der Waals surface area contributed by atoms with Gasteiger partial charge in [0.05, 0.1) is 63.7 Å². The van der Waals surface area contributed by atoms with Crippen molar-refractivity contribution in [3.63, 3.8) is 0 Å². The summed E-state index contributed by atoms with van der Waals surface area (Å²) in [5, 5.41) is 20.1. The zero-order chi connectivity index (χ0) is 52.1. The van der Waals surface area contributed by atoms with Crippen LogP contribution in [0.3, 0.4) is 0 Å². The lowest BCUT2D eigenvalue weighted by molar-refractivity contribution is -0.144. The number of rotatable bonds is 21. The average molecular weight is 1000 g/mol. The number of aromatic nitrogens is 3. The Morgan fingerprint density at radius 1 is 1.00 bits per heavy atom. The van der Waals surface area contributed by atoms with Crippen molar-refractivity contribution in [1.29, 1.82) is 0 Å². The Labute approximate surface area is 422 Å². The van der Waals surface area contributed by atoms with Gasteiger partial charge in [-0.1, -0.05) is 58.0 Å². The molecule has 4 heterocycles. The SMILES string of the molecule is CC[C@@H](NC(=O)[C@@H]1C[C@H](NCCOCCOCCC(=O)N(C)CCN2C[C@H](C)Oc3ccc(F)cc3C(C)Nc3ccn4ncc(c4n3)C2=O)CN1C(=O)C(NC(=O)[C@H](C)NC)C(C)(C)C)c1ccccc1. The molecule has 2 bridgehead atoms. The second-order valence-electron chi connectivity index (χ2n) is 19.7. The molecule has 4 aromatic rings. The molecule has 2 aromatic carbocycles. The minimum absolute atomic E-state index is 0.120. The van der Waals surface area contributed by atoms with Crippen LogP contribution in [0, 0.1) is 11.2 Å². The van der Waals surface area contributed by atoms with Gasteiger partial charge in [0, 0.05) is 51.0 Å². The lowest BCUT2D eigenvalue weighted by Gasteiger charge is -2.36. The summed E-state index contributed by atoms with van der Waals surface area (Å²) in [5.41, 5.74) is 1.60. The van der Waals surface area contributed by atoms with E-state index >= 15 is 0 Å². The highest BCUT2D eigenvalue weighted by Gasteiger charge is 2.45. The van der Waals surface area contributed by atoms with Gasteiger partial charge in [0.2, 0.25) is 23.6 Å². The molecule has 392 valence electrons. The predicted molar refractivity (Wildman–Crippen MR) is 271 cm³/mol. The highest BCUT2D eigenvalue weighted by Crippen LogP contribution is 2.31. The largest absolute Gasteiger partial charge is 0.489 e. The second-order valence-corrected chi connectivity index (χ2v) is 19.7. The molecule has 7 atom stereocenters. The molecule has 0 saturated carbocycles. The highest BCUT2D eigenvalue weighted by molar-refractivity contribution is 6.00. The number of anilines is 1. The molecule has 5 amide bonds. The van der Waals surface area contributed by atoms with Crippen LogP contribution in [0.4, 0.5) is 10.2 Å². The van der Waals surface area contributed by atoms with Crippen LogP contribution < -0.4 is 31.3 Å². The number of ether oxygens (including phenoxy) is 3. The third-order valence-electron chi connectivity index (χ3n) is 13.2. The zero-order valence-corrected chi connectivity index (χ0v) is 43.2. The summed E-state index contributed by atoms with van der Waals surface area (Å²) in [5.74, 6) is -0.796. The van der Waals surface area contributed by atoms with E-state index in [9.17, 15) is 28.4 Å². The van der Waals surface area contributed by atoms with Gasteiger partial charge < -0.3 is 55.5 Å². The van der Waals surface area contributed by atoms with Crippen LogP contribution in [-0.4, -0.2) is 162 Å². The fraction of sp³-hybridized carbons (Fsp3) is 0.558. The summed E-state index contributed by atoms with van der Waals surface area (Å²) in [4.78, 5) is 78.2. The molecule has 2 aliphatic rings. The van der Waals surface area contributed by atoms with Crippen molar-refractivity contribution in [2.45, 2.75) is 110 Å². The molecular weight excluding hydrogens is 926 g/mol. The van der Waals surface area contributed by atoms with Gasteiger partial charge in [-0.3, -0.25) is 24.0 Å². The van der Waals surface area contributed by atoms with Crippen molar-refractivity contribution < 1.29 is 42.6 Å². The summed E-state index contributed by atoms with van der Waals surface area (Å²) in [6.45, 7) is 15.5.